The molecule has 1 unspecified atom stereocenters. The molecule has 7 heteroatoms. The molecule has 4 rings (SSSR count). The molecular weight excluding hydrogens is 412 g/mol. The lowest BCUT2D eigenvalue weighted by Gasteiger charge is -2.37. The number of fused-ring (bicyclic) bond motifs is 1. The molecule has 162 valence electrons. The SMILES string of the molecule is CCOC(=O)c1nc(CN2CCc3cc(OC)c(OC)cc3C2c2ccccc2)cs1. The summed E-state index contributed by atoms with van der Waals surface area (Å²) in [6.07, 6.45) is 0.897. The zero-order valence-electron chi connectivity index (χ0n) is 18.0. The standard InChI is InChI=1S/C24H26N2O4S/c1-4-30-24(27)23-25-18(15-31-23)14-26-11-10-17-12-20(28-2)21(29-3)13-19(17)22(26)16-8-6-5-7-9-16/h5-9,12-13,15,22H,4,10-11,14H2,1-3H3. The highest BCUT2D eigenvalue weighted by molar-refractivity contribution is 7.11. The van der Waals surface area contributed by atoms with Crippen LogP contribution in [0.1, 0.15) is 45.2 Å². The normalized spacial score (nSPS) is 15.9. The second-order valence-corrected chi connectivity index (χ2v) is 8.16. The summed E-state index contributed by atoms with van der Waals surface area (Å²) in [5, 5.41) is 2.34. The highest BCUT2D eigenvalue weighted by atomic mass is 32.1. The van der Waals surface area contributed by atoms with Crippen molar-refractivity contribution in [3.63, 3.8) is 0 Å². The zero-order chi connectivity index (χ0) is 21.8. The summed E-state index contributed by atoms with van der Waals surface area (Å²) in [7, 11) is 3.33. The van der Waals surface area contributed by atoms with Crippen LogP contribution in [0.15, 0.2) is 47.8 Å². The minimum Gasteiger partial charge on any atom is -0.493 e. The molecule has 3 aromatic rings. The minimum absolute atomic E-state index is 0.0532. The van der Waals surface area contributed by atoms with E-state index in [9.17, 15) is 4.79 Å². The Hall–Kier alpha value is -2.90. The molecule has 1 aliphatic rings. The number of carbonyl (C=O) groups excluding carboxylic acids is 1. The van der Waals surface area contributed by atoms with Crippen molar-refractivity contribution in [1.29, 1.82) is 0 Å². The number of carbonyl (C=O) groups is 1. The maximum absolute atomic E-state index is 12.0. The van der Waals surface area contributed by atoms with Crippen molar-refractivity contribution < 1.29 is 19.0 Å². The average molecular weight is 439 g/mol. The summed E-state index contributed by atoms with van der Waals surface area (Å²) in [4.78, 5) is 18.9. The molecule has 0 aliphatic carbocycles. The molecule has 1 aliphatic heterocycles. The number of rotatable bonds is 7. The Morgan fingerprint density at radius 2 is 1.90 bits per heavy atom. The third-order valence-corrected chi connectivity index (χ3v) is 6.33. The molecular formula is C24H26N2O4S. The van der Waals surface area contributed by atoms with E-state index in [1.54, 1.807) is 21.1 Å². The number of hydrogen-bond acceptors (Lipinski definition) is 7. The number of esters is 1. The molecule has 0 bridgehead atoms. The molecule has 2 aromatic carbocycles. The van der Waals surface area contributed by atoms with Crippen molar-refractivity contribution in [1.82, 2.24) is 9.88 Å². The number of benzene rings is 2. The molecule has 0 saturated carbocycles. The Morgan fingerprint density at radius 3 is 2.61 bits per heavy atom. The molecule has 0 saturated heterocycles. The Kier molecular flexibility index (Phi) is 6.53. The Bertz CT molecular complexity index is 1050. The predicted octanol–water partition coefficient (Wildman–Crippen LogP) is 4.48. The van der Waals surface area contributed by atoms with Gasteiger partial charge in [0.2, 0.25) is 5.01 Å². The van der Waals surface area contributed by atoms with E-state index in [0.717, 1.165) is 30.2 Å². The van der Waals surface area contributed by atoms with E-state index in [-0.39, 0.29) is 12.0 Å². The predicted molar refractivity (Wildman–Crippen MR) is 120 cm³/mol. The van der Waals surface area contributed by atoms with Gasteiger partial charge in [0, 0.05) is 18.5 Å². The van der Waals surface area contributed by atoms with Crippen molar-refractivity contribution >= 4 is 17.3 Å². The van der Waals surface area contributed by atoms with Crippen LogP contribution in [0, 0.1) is 0 Å². The maximum Gasteiger partial charge on any atom is 0.367 e. The first-order valence-corrected chi connectivity index (χ1v) is 11.2. The maximum atomic E-state index is 12.0. The number of aromatic nitrogens is 1. The van der Waals surface area contributed by atoms with Crippen LogP contribution in [-0.4, -0.2) is 43.2 Å². The molecule has 31 heavy (non-hydrogen) atoms. The van der Waals surface area contributed by atoms with Crippen LogP contribution in [0.4, 0.5) is 0 Å². The summed E-state index contributed by atoms with van der Waals surface area (Å²) in [5.74, 6) is 1.11. The highest BCUT2D eigenvalue weighted by Crippen LogP contribution is 2.41. The fraction of sp³-hybridized carbons (Fsp3) is 0.333. The van der Waals surface area contributed by atoms with E-state index in [2.05, 4.69) is 46.3 Å². The summed E-state index contributed by atoms with van der Waals surface area (Å²) >= 11 is 1.33. The fourth-order valence-corrected chi connectivity index (χ4v) is 4.77. The number of methoxy groups -OCH3 is 2. The lowest BCUT2D eigenvalue weighted by Crippen LogP contribution is -2.35. The molecule has 1 aromatic heterocycles. The van der Waals surface area contributed by atoms with Crippen molar-refractivity contribution in [2.75, 3.05) is 27.4 Å². The lowest BCUT2D eigenvalue weighted by atomic mass is 9.87. The van der Waals surface area contributed by atoms with Crippen molar-refractivity contribution in [2.24, 2.45) is 0 Å². The van der Waals surface area contributed by atoms with Gasteiger partial charge in [0.15, 0.2) is 11.5 Å². The van der Waals surface area contributed by atoms with E-state index in [1.165, 1.54) is 28.0 Å². The van der Waals surface area contributed by atoms with Crippen LogP contribution in [-0.2, 0) is 17.7 Å². The topological polar surface area (TPSA) is 60.9 Å². The Labute approximate surface area is 186 Å². The third-order valence-electron chi connectivity index (χ3n) is 5.46. The first kappa shape index (κ1) is 21.3. The van der Waals surface area contributed by atoms with Gasteiger partial charge in [-0.25, -0.2) is 9.78 Å². The third kappa shape index (κ3) is 4.43. The molecule has 0 N–H and O–H groups in total. The highest BCUT2D eigenvalue weighted by Gasteiger charge is 2.31. The van der Waals surface area contributed by atoms with Crippen molar-refractivity contribution in [3.8, 4) is 11.5 Å². The lowest BCUT2D eigenvalue weighted by molar-refractivity contribution is 0.0525. The summed E-state index contributed by atoms with van der Waals surface area (Å²) < 4.78 is 16.2. The van der Waals surface area contributed by atoms with E-state index >= 15 is 0 Å². The quantitative estimate of drug-likeness (QED) is 0.507. The molecule has 2 heterocycles. The van der Waals surface area contributed by atoms with E-state index in [4.69, 9.17) is 14.2 Å². The van der Waals surface area contributed by atoms with E-state index in [0.29, 0.717) is 18.2 Å². The summed E-state index contributed by atoms with van der Waals surface area (Å²) in [6.45, 7) is 3.65. The van der Waals surface area contributed by atoms with E-state index in [1.807, 2.05) is 11.4 Å². The largest absolute Gasteiger partial charge is 0.493 e. The molecule has 1 atom stereocenters. The van der Waals surface area contributed by atoms with Gasteiger partial charge in [0.05, 0.1) is 32.6 Å². The number of ether oxygens (including phenoxy) is 3. The van der Waals surface area contributed by atoms with E-state index < -0.39 is 0 Å². The first-order chi connectivity index (χ1) is 15.1. The number of thiazole rings is 1. The van der Waals surface area contributed by atoms with Gasteiger partial charge in [-0.2, -0.15) is 0 Å². The van der Waals surface area contributed by atoms with Gasteiger partial charge in [0.25, 0.3) is 0 Å². The van der Waals surface area contributed by atoms with Crippen LogP contribution >= 0.6 is 11.3 Å². The van der Waals surface area contributed by atoms with Crippen LogP contribution in [0.2, 0.25) is 0 Å². The summed E-state index contributed by atoms with van der Waals surface area (Å²) in [5.41, 5.74) is 4.54. The van der Waals surface area contributed by atoms with Crippen LogP contribution < -0.4 is 9.47 Å². The van der Waals surface area contributed by atoms with Gasteiger partial charge >= 0.3 is 5.97 Å². The second kappa shape index (κ2) is 9.49. The zero-order valence-corrected chi connectivity index (χ0v) is 18.8. The first-order valence-electron chi connectivity index (χ1n) is 10.3. The van der Waals surface area contributed by atoms with Gasteiger partial charge in [-0.15, -0.1) is 11.3 Å². The Morgan fingerprint density at radius 1 is 1.16 bits per heavy atom. The number of nitrogens with zero attached hydrogens (tertiary/aromatic N) is 2. The van der Waals surface area contributed by atoms with Gasteiger partial charge < -0.3 is 14.2 Å². The van der Waals surface area contributed by atoms with Crippen LogP contribution in [0.25, 0.3) is 0 Å². The number of hydrogen-bond donors (Lipinski definition) is 0. The second-order valence-electron chi connectivity index (χ2n) is 7.30. The molecule has 6 nitrogen and oxygen atoms in total. The summed E-state index contributed by atoms with van der Waals surface area (Å²) in [6, 6.07) is 14.7. The van der Waals surface area contributed by atoms with Gasteiger partial charge in [-0.3, -0.25) is 4.90 Å². The smallest absolute Gasteiger partial charge is 0.367 e. The van der Waals surface area contributed by atoms with Crippen LogP contribution in [0.3, 0.4) is 0 Å². The van der Waals surface area contributed by atoms with Gasteiger partial charge in [-0.05, 0) is 42.2 Å². The Balaban J connectivity index is 1.69. The van der Waals surface area contributed by atoms with Crippen molar-refractivity contribution in [2.45, 2.75) is 25.9 Å². The monoisotopic (exact) mass is 438 g/mol. The molecule has 0 amide bonds. The van der Waals surface area contributed by atoms with Crippen molar-refractivity contribution in [3.05, 3.63) is 75.2 Å². The van der Waals surface area contributed by atoms with Gasteiger partial charge in [0.1, 0.15) is 0 Å². The molecule has 0 spiro atoms. The average Bonchev–Trinajstić information content (AvgIpc) is 3.27. The molecule has 0 radical (unpaired) electrons. The van der Waals surface area contributed by atoms with Crippen LogP contribution in [0.5, 0.6) is 11.5 Å². The van der Waals surface area contributed by atoms with Gasteiger partial charge in [-0.1, -0.05) is 30.3 Å². The molecule has 0 fully saturated rings. The minimum atomic E-state index is -0.362. The fourth-order valence-electron chi connectivity index (χ4n) is 4.07.